The Morgan fingerprint density at radius 3 is 2.59 bits per heavy atom. The number of pyridine rings is 1. The fourth-order valence-electron chi connectivity index (χ4n) is 3.26. The molecular weight excluding hydrogens is 347 g/mol. The summed E-state index contributed by atoms with van der Waals surface area (Å²) in [5.41, 5.74) is 4.27. The standard InChI is InChI=1S/C21H21FN2O3/c1-12(2)21(27,11-19(23)25)16-8-9-18(24-20(16)26)14-7-6-13-4-3-5-17(22)15(13)10-14/h3-10,12,27H,11H2,1-2H3,(H2,23,25)(H,24,26). The Hall–Kier alpha value is -2.99. The number of benzene rings is 2. The maximum atomic E-state index is 14.0. The van der Waals surface area contributed by atoms with Crippen LogP contribution in [-0.2, 0) is 10.4 Å². The third kappa shape index (κ3) is 3.48. The highest BCUT2D eigenvalue weighted by Gasteiger charge is 2.37. The van der Waals surface area contributed by atoms with Gasteiger partial charge in [0.25, 0.3) is 5.56 Å². The van der Waals surface area contributed by atoms with Crippen molar-refractivity contribution in [1.82, 2.24) is 4.98 Å². The van der Waals surface area contributed by atoms with E-state index in [4.69, 9.17) is 5.73 Å². The van der Waals surface area contributed by atoms with Crippen LogP contribution in [0.5, 0.6) is 0 Å². The van der Waals surface area contributed by atoms with Gasteiger partial charge in [-0.05, 0) is 41.1 Å². The highest BCUT2D eigenvalue weighted by Crippen LogP contribution is 2.32. The fourth-order valence-corrected chi connectivity index (χ4v) is 3.26. The summed E-state index contributed by atoms with van der Waals surface area (Å²) in [6.07, 6.45) is -0.353. The molecule has 5 nitrogen and oxygen atoms in total. The number of amides is 1. The zero-order chi connectivity index (χ0) is 19.8. The zero-order valence-electron chi connectivity index (χ0n) is 15.1. The van der Waals surface area contributed by atoms with Crippen LogP contribution in [0, 0.1) is 11.7 Å². The number of primary amides is 1. The number of nitrogens with two attached hydrogens (primary N) is 1. The van der Waals surface area contributed by atoms with Gasteiger partial charge in [-0.3, -0.25) is 9.59 Å². The number of aromatic amines is 1. The largest absolute Gasteiger partial charge is 0.384 e. The number of aromatic nitrogens is 1. The predicted molar refractivity (Wildman–Crippen MR) is 103 cm³/mol. The van der Waals surface area contributed by atoms with Crippen molar-refractivity contribution in [3.8, 4) is 11.3 Å². The van der Waals surface area contributed by atoms with Crippen molar-refractivity contribution >= 4 is 16.7 Å². The van der Waals surface area contributed by atoms with E-state index in [2.05, 4.69) is 4.98 Å². The number of rotatable bonds is 5. The topological polar surface area (TPSA) is 96.2 Å². The second kappa shape index (κ2) is 6.96. The fraction of sp³-hybridized carbons (Fsp3) is 0.238. The van der Waals surface area contributed by atoms with E-state index in [1.54, 1.807) is 50.2 Å². The van der Waals surface area contributed by atoms with Gasteiger partial charge in [0.05, 0.1) is 6.42 Å². The average Bonchev–Trinajstić information content (AvgIpc) is 2.61. The van der Waals surface area contributed by atoms with E-state index >= 15 is 0 Å². The van der Waals surface area contributed by atoms with Gasteiger partial charge < -0.3 is 15.8 Å². The third-order valence-corrected chi connectivity index (χ3v) is 4.91. The molecule has 0 saturated carbocycles. The first-order valence-corrected chi connectivity index (χ1v) is 8.65. The van der Waals surface area contributed by atoms with Gasteiger partial charge in [0.1, 0.15) is 11.4 Å². The highest BCUT2D eigenvalue weighted by atomic mass is 19.1. The van der Waals surface area contributed by atoms with Gasteiger partial charge in [0, 0.05) is 16.6 Å². The van der Waals surface area contributed by atoms with E-state index < -0.39 is 23.0 Å². The second-order valence-corrected chi connectivity index (χ2v) is 7.01. The number of aliphatic hydroxyl groups is 1. The molecule has 1 aromatic heterocycles. The second-order valence-electron chi connectivity index (χ2n) is 7.01. The van der Waals surface area contributed by atoms with Gasteiger partial charge in [0.2, 0.25) is 5.91 Å². The lowest BCUT2D eigenvalue weighted by molar-refractivity contribution is -0.125. The van der Waals surface area contributed by atoms with Crippen LogP contribution >= 0.6 is 0 Å². The SMILES string of the molecule is CC(C)C(O)(CC(N)=O)c1ccc(-c2ccc3cccc(F)c3c2)[nH]c1=O. The molecule has 2 aromatic carbocycles. The molecule has 0 radical (unpaired) electrons. The van der Waals surface area contributed by atoms with E-state index in [1.165, 1.54) is 12.1 Å². The lowest BCUT2D eigenvalue weighted by Gasteiger charge is -2.30. The number of hydrogen-bond acceptors (Lipinski definition) is 3. The van der Waals surface area contributed by atoms with Crippen LogP contribution in [0.3, 0.4) is 0 Å². The number of carbonyl (C=O) groups is 1. The Morgan fingerprint density at radius 1 is 1.22 bits per heavy atom. The number of nitrogens with one attached hydrogen (secondary N) is 1. The highest BCUT2D eigenvalue weighted by molar-refractivity contribution is 5.87. The summed E-state index contributed by atoms with van der Waals surface area (Å²) in [5, 5.41) is 12.1. The van der Waals surface area contributed by atoms with Crippen molar-refractivity contribution in [2.45, 2.75) is 25.9 Å². The van der Waals surface area contributed by atoms with Crippen molar-refractivity contribution in [1.29, 1.82) is 0 Å². The molecular formula is C21H21FN2O3. The number of fused-ring (bicyclic) bond motifs is 1. The molecule has 0 saturated heterocycles. The monoisotopic (exact) mass is 368 g/mol. The minimum Gasteiger partial charge on any atom is -0.384 e. The van der Waals surface area contributed by atoms with Gasteiger partial charge in [-0.1, -0.05) is 38.1 Å². The molecule has 4 N–H and O–H groups in total. The number of hydrogen-bond donors (Lipinski definition) is 3. The summed E-state index contributed by atoms with van der Waals surface area (Å²) in [6.45, 7) is 3.42. The number of H-pyrrole nitrogens is 1. The van der Waals surface area contributed by atoms with E-state index in [0.29, 0.717) is 16.6 Å². The minimum atomic E-state index is -1.66. The Labute approximate surface area is 155 Å². The van der Waals surface area contributed by atoms with Gasteiger partial charge in [0.15, 0.2) is 0 Å². The zero-order valence-corrected chi connectivity index (χ0v) is 15.1. The first-order valence-electron chi connectivity index (χ1n) is 8.65. The summed E-state index contributed by atoms with van der Waals surface area (Å²) in [6, 6.07) is 13.2. The van der Waals surface area contributed by atoms with Crippen LogP contribution < -0.4 is 11.3 Å². The van der Waals surface area contributed by atoms with Crippen LogP contribution in [0.2, 0.25) is 0 Å². The van der Waals surface area contributed by atoms with Crippen LogP contribution in [-0.4, -0.2) is 16.0 Å². The normalized spacial score (nSPS) is 13.7. The third-order valence-electron chi connectivity index (χ3n) is 4.91. The Kier molecular flexibility index (Phi) is 4.85. The van der Waals surface area contributed by atoms with Crippen molar-refractivity contribution in [3.05, 3.63) is 70.3 Å². The lowest BCUT2D eigenvalue weighted by Crippen LogP contribution is -2.41. The first-order chi connectivity index (χ1) is 12.7. The molecule has 0 aliphatic heterocycles. The van der Waals surface area contributed by atoms with Gasteiger partial charge >= 0.3 is 0 Å². The molecule has 1 unspecified atom stereocenters. The molecule has 0 spiro atoms. The number of halogens is 1. The van der Waals surface area contributed by atoms with Crippen molar-refractivity contribution < 1.29 is 14.3 Å². The van der Waals surface area contributed by atoms with E-state index in [0.717, 1.165) is 5.39 Å². The van der Waals surface area contributed by atoms with Crippen LogP contribution in [0.25, 0.3) is 22.0 Å². The molecule has 3 aromatic rings. The van der Waals surface area contributed by atoms with Gasteiger partial charge in [-0.25, -0.2) is 4.39 Å². The summed E-state index contributed by atoms with van der Waals surface area (Å²) in [7, 11) is 0. The van der Waals surface area contributed by atoms with Crippen LogP contribution in [0.1, 0.15) is 25.8 Å². The Morgan fingerprint density at radius 2 is 1.96 bits per heavy atom. The molecule has 27 heavy (non-hydrogen) atoms. The van der Waals surface area contributed by atoms with E-state index in [1.807, 2.05) is 0 Å². The first kappa shape index (κ1) is 18.8. The molecule has 1 amide bonds. The summed E-state index contributed by atoms with van der Waals surface area (Å²) >= 11 is 0. The summed E-state index contributed by atoms with van der Waals surface area (Å²) < 4.78 is 14.0. The summed E-state index contributed by atoms with van der Waals surface area (Å²) in [4.78, 5) is 26.7. The molecule has 0 bridgehead atoms. The van der Waals surface area contributed by atoms with Crippen molar-refractivity contribution in [3.63, 3.8) is 0 Å². The van der Waals surface area contributed by atoms with Crippen molar-refractivity contribution in [2.24, 2.45) is 11.7 Å². The van der Waals surface area contributed by atoms with Crippen LogP contribution in [0.15, 0.2) is 53.3 Å². The minimum absolute atomic E-state index is 0.0759. The molecule has 1 heterocycles. The molecule has 0 fully saturated rings. The van der Waals surface area contributed by atoms with Gasteiger partial charge in [-0.2, -0.15) is 0 Å². The molecule has 1 atom stereocenters. The van der Waals surface area contributed by atoms with Crippen molar-refractivity contribution in [2.75, 3.05) is 0 Å². The predicted octanol–water partition coefficient (Wildman–Crippen LogP) is 3.05. The van der Waals surface area contributed by atoms with Gasteiger partial charge in [-0.15, -0.1) is 0 Å². The molecule has 140 valence electrons. The maximum absolute atomic E-state index is 14.0. The average molecular weight is 368 g/mol. The quantitative estimate of drug-likeness (QED) is 0.646. The Bertz CT molecular complexity index is 1070. The molecule has 3 rings (SSSR count). The molecule has 0 aliphatic rings. The smallest absolute Gasteiger partial charge is 0.254 e. The maximum Gasteiger partial charge on any atom is 0.254 e. The summed E-state index contributed by atoms with van der Waals surface area (Å²) in [5.74, 6) is -1.43. The molecule has 0 aliphatic carbocycles. The van der Waals surface area contributed by atoms with E-state index in [-0.39, 0.29) is 17.8 Å². The molecule has 6 heteroatoms. The Balaban J connectivity index is 2.08. The van der Waals surface area contributed by atoms with Crippen LogP contribution in [0.4, 0.5) is 4.39 Å². The number of carbonyl (C=O) groups excluding carboxylic acids is 1. The van der Waals surface area contributed by atoms with E-state index in [9.17, 15) is 19.1 Å². The lowest BCUT2D eigenvalue weighted by atomic mass is 9.81.